The summed E-state index contributed by atoms with van der Waals surface area (Å²) in [7, 11) is 2.13. The number of rotatable bonds is 7. The van der Waals surface area contributed by atoms with Crippen molar-refractivity contribution in [2.24, 2.45) is 0 Å². The highest BCUT2D eigenvalue weighted by Crippen LogP contribution is 2.22. The second-order valence-corrected chi connectivity index (χ2v) is 5.67. The van der Waals surface area contributed by atoms with Gasteiger partial charge in [0.15, 0.2) is 0 Å². The molecule has 0 saturated carbocycles. The predicted octanol–water partition coefficient (Wildman–Crippen LogP) is 3.55. The van der Waals surface area contributed by atoms with E-state index in [1.807, 2.05) is 6.07 Å². The second-order valence-electron chi connectivity index (χ2n) is 5.31. The van der Waals surface area contributed by atoms with E-state index >= 15 is 0 Å². The van der Waals surface area contributed by atoms with Crippen molar-refractivity contribution in [2.75, 3.05) is 20.2 Å². The Balaban J connectivity index is 1.87. The summed E-state index contributed by atoms with van der Waals surface area (Å²) >= 11 is 6.12. The Hall–Kier alpha value is -0.800. The molecule has 1 aromatic heterocycles. The molecule has 0 radical (unpaired) electrons. The van der Waals surface area contributed by atoms with Crippen LogP contribution in [-0.4, -0.2) is 36.1 Å². The molecule has 1 aliphatic heterocycles. The molecule has 3 nitrogen and oxygen atoms in total. The first-order chi connectivity index (χ1) is 9.20. The van der Waals surface area contributed by atoms with Gasteiger partial charge in [-0.2, -0.15) is 0 Å². The van der Waals surface area contributed by atoms with Crippen LogP contribution in [0.5, 0.6) is 5.75 Å². The summed E-state index contributed by atoms with van der Waals surface area (Å²) in [6.45, 7) is 4.12. The number of hydrogen-bond acceptors (Lipinski definition) is 3. The summed E-state index contributed by atoms with van der Waals surface area (Å²) in [5.41, 5.74) is 1.11. The van der Waals surface area contributed by atoms with Crippen molar-refractivity contribution in [3.63, 3.8) is 0 Å². The molecule has 1 fully saturated rings. The van der Waals surface area contributed by atoms with Crippen molar-refractivity contribution in [2.45, 2.75) is 45.1 Å². The van der Waals surface area contributed by atoms with E-state index in [1.54, 1.807) is 6.20 Å². The lowest BCUT2D eigenvalue weighted by atomic mass is 10.1. The fourth-order valence-corrected chi connectivity index (χ4v) is 2.46. The number of unbranched alkanes of at least 4 members (excludes halogenated alkanes) is 2. The third kappa shape index (κ3) is 4.08. The summed E-state index contributed by atoms with van der Waals surface area (Å²) in [4.78, 5) is 6.54. The van der Waals surface area contributed by atoms with Crippen LogP contribution in [0.2, 0.25) is 5.15 Å². The maximum absolute atomic E-state index is 6.12. The Labute approximate surface area is 120 Å². The first-order valence-corrected chi connectivity index (χ1v) is 7.56. The maximum atomic E-state index is 6.12. The van der Waals surface area contributed by atoms with Crippen LogP contribution in [0.25, 0.3) is 0 Å². The average Bonchev–Trinajstić information content (AvgIpc) is 2.40. The smallest absolute Gasteiger partial charge is 0.138 e. The Morgan fingerprint density at radius 3 is 2.95 bits per heavy atom. The largest absolute Gasteiger partial charge is 0.490 e. The van der Waals surface area contributed by atoms with E-state index in [4.69, 9.17) is 16.3 Å². The van der Waals surface area contributed by atoms with Crippen LogP contribution in [0, 0.1) is 0 Å². The number of ether oxygens (including phenoxy) is 1. The van der Waals surface area contributed by atoms with Crippen molar-refractivity contribution < 1.29 is 4.74 Å². The quantitative estimate of drug-likeness (QED) is 0.565. The number of nitrogens with zero attached hydrogens (tertiary/aromatic N) is 2. The molecule has 1 aliphatic rings. The SMILES string of the molecule is CCCCCc1cc(OC[C@@H]2CCN2C)cnc1Cl. The van der Waals surface area contributed by atoms with E-state index in [0.29, 0.717) is 11.2 Å². The van der Waals surface area contributed by atoms with Gasteiger partial charge < -0.3 is 4.74 Å². The molecular formula is C15H23ClN2O. The standard InChI is InChI=1S/C15H23ClN2O/c1-3-4-5-6-12-9-14(10-17-15(12)16)19-11-13-7-8-18(13)2/h9-10,13H,3-8,11H2,1-2H3/t13-/m0/s1. The van der Waals surface area contributed by atoms with Gasteiger partial charge in [-0.25, -0.2) is 4.98 Å². The Morgan fingerprint density at radius 2 is 2.32 bits per heavy atom. The van der Waals surface area contributed by atoms with Crippen molar-refractivity contribution in [3.05, 3.63) is 23.0 Å². The van der Waals surface area contributed by atoms with Gasteiger partial charge >= 0.3 is 0 Å². The number of aryl methyl sites for hydroxylation is 1. The molecule has 0 N–H and O–H groups in total. The molecule has 2 rings (SSSR count). The number of aromatic nitrogens is 1. The highest BCUT2D eigenvalue weighted by atomic mass is 35.5. The van der Waals surface area contributed by atoms with E-state index in [-0.39, 0.29) is 0 Å². The van der Waals surface area contributed by atoms with Gasteiger partial charge in [0.25, 0.3) is 0 Å². The minimum absolute atomic E-state index is 0.555. The minimum Gasteiger partial charge on any atom is -0.490 e. The summed E-state index contributed by atoms with van der Waals surface area (Å²) in [6, 6.07) is 2.60. The van der Waals surface area contributed by atoms with Crippen LogP contribution in [-0.2, 0) is 6.42 Å². The minimum atomic E-state index is 0.555. The Kier molecular flexibility index (Phi) is 5.46. The Bertz CT molecular complexity index is 411. The van der Waals surface area contributed by atoms with E-state index < -0.39 is 0 Å². The van der Waals surface area contributed by atoms with Crippen LogP contribution in [0.4, 0.5) is 0 Å². The first-order valence-electron chi connectivity index (χ1n) is 7.18. The highest BCUT2D eigenvalue weighted by Gasteiger charge is 2.24. The number of likely N-dealkylation sites (tertiary alicyclic amines) is 1. The number of likely N-dealkylation sites (N-methyl/N-ethyl adjacent to an activating group) is 1. The number of hydrogen-bond donors (Lipinski definition) is 0. The van der Waals surface area contributed by atoms with E-state index in [9.17, 15) is 0 Å². The molecule has 0 aromatic carbocycles. The van der Waals surface area contributed by atoms with Gasteiger partial charge in [0.2, 0.25) is 0 Å². The molecule has 0 bridgehead atoms. The molecule has 1 saturated heterocycles. The predicted molar refractivity (Wildman–Crippen MR) is 79.0 cm³/mol. The number of halogens is 1. The Morgan fingerprint density at radius 1 is 1.47 bits per heavy atom. The van der Waals surface area contributed by atoms with Gasteiger partial charge in [0.1, 0.15) is 17.5 Å². The third-order valence-corrected chi connectivity index (χ3v) is 4.16. The van der Waals surface area contributed by atoms with Crippen LogP contribution in [0.3, 0.4) is 0 Å². The molecule has 2 heterocycles. The van der Waals surface area contributed by atoms with Crippen LogP contribution in [0.15, 0.2) is 12.3 Å². The van der Waals surface area contributed by atoms with Gasteiger partial charge in [-0.05, 0) is 44.5 Å². The van der Waals surface area contributed by atoms with E-state index in [0.717, 1.165) is 30.8 Å². The molecular weight excluding hydrogens is 260 g/mol. The van der Waals surface area contributed by atoms with Gasteiger partial charge in [0.05, 0.1) is 6.20 Å². The average molecular weight is 283 g/mol. The van der Waals surface area contributed by atoms with Crippen LogP contribution >= 0.6 is 11.6 Å². The van der Waals surface area contributed by atoms with Crippen LogP contribution in [0.1, 0.15) is 38.2 Å². The number of pyridine rings is 1. The topological polar surface area (TPSA) is 25.4 Å². The first kappa shape index (κ1) is 14.6. The van der Waals surface area contributed by atoms with E-state index in [1.165, 1.54) is 25.8 Å². The fraction of sp³-hybridized carbons (Fsp3) is 0.667. The lowest BCUT2D eigenvalue weighted by molar-refractivity contribution is 0.0767. The van der Waals surface area contributed by atoms with Gasteiger partial charge in [-0.1, -0.05) is 31.4 Å². The van der Waals surface area contributed by atoms with Crippen molar-refractivity contribution in [1.29, 1.82) is 0 Å². The van der Waals surface area contributed by atoms with Gasteiger partial charge in [-0.3, -0.25) is 4.90 Å². The zero-order valence-electron chi connectivity index (χ0n) is 11.9. The molecule has 1 aromatic rings. The molecule has 0 unspecified atom stereocenters. The molecule has 1 atom stereocenters. The second kappa shape index (κ2) is 7.11. The zero-order chi connectivity index (χ0) is 13.7. The van der Waals surface area contributed by atoms with Gasteiger partial charge in [-0.15, -0.1) is 0 Å². The molecule has 0 aliphatic carbocycles. The fourth-order valence-electron chi connectivity index (χ4n) is 2.26. The lowest BCUT2D eigenvalue weighted by Crippen LogP contribution is -2.48. The normalized spacial score (nSPS) is 19.2. The molecule has 4 heteroatoms. The van der Waals surface area contributed by atoms with Crippen molar-refractivity contribution >= 4 is 11.6 Å². The highest BCUT2D eigenvalue weighted by molar-refractivity contribution is 6.30. The van der Waals surface area contributed by atoms with Crippen molar-refractivity contribution in [1.82, 2.24) is 9.88 Å². The monoisotopic (exact) mass is 282 g/mol. The van der Waals surface area contributed by atoms with Gasteiger partial charge in [0, 0.05) is 6.04 Å². The third-order valence-electron chi connectivity index (χ3n) is 3.82. The summed E-state index contributed by atoms with van der Waals surface area (Å²) in [6.07, 6.45) is 7.54. The maximum Gasteiger partial charge on any atom is 0.138 e. The van der Waals surface area contributed by atoms with Crippen LogP contribution < -0.4 is 4.74 Å². The zero-order valence-corrected chi connectivity index (χ0v) is 12.6. The summed E-state index contributed by atoms with van der Waals surface area (Å²) in [5.74, 6) is 0.844. The molecule has 0 amide bonds. The molecule has 0 spiro atoms. The van der Waals surface area contributed by atoms with Crippen molar-refractivity contribution in [3.8, 4) is 5.75 Å². The molecule has 19 heavy (non-hydrogen) atoms. The lowest BCUT2D eigenvalue weighted by Gasteiger charge is -2.37. The van der Waals surface area contributed by atoms with E-state index in [2.05, 4.69) is 23.9 Å². The summed E-state index contributed by atoms with van der Waals surface area (Å²) in [5, 5.41) is 0.615. The molecule has 106 valence electrons. The summed E-state index contributed by atoms with van der Waals surface area (Å²) < 4.78 is 5.82.